The second kappa shape index (κ2) is 5.64. The fourth-order valence-electron chi connectivity index (χ4n) is 2.19. The van der Waals surface area contributed by atoms with Crippen molar-refractivity contribution in [3.63, 3.8) is 0 Å². The van der Waals surface area contributed by atoms with Gasteiger partial charge < -0.3 is 5.73 Å². The summed E-state index contributed by atoms with van der Waals surface area (Å²) in [6.07, 6.45) is 5.20. The highest BCUT2D eigenvalue weighted by Gasteiger charge is 2.37. The standard InChI is InChI=1S/C13H17N3O2S2/c1-19-13(5-2-6-13)9-16-20(17,18)12-4-3-10(8-14)7-11(12)15/h3-4,7,16H,2,5-6,9,15H2,1H3. The Labute approximate surface area is 123 Å². The van der Waals surface area contributed by atoms with Crippen LogP contribution in [0.15, 0.2) is 23.1 Å². The Morgan fingerprint density at radius 3 is 2.65 bits per heavy atom. The second-order valence-corrected chi connectivity index (χ2v) is 7.94. The lowest BCUT2D eigenvalue weighted by molar-refractivity contribution is 0.362. The third kappa shape index (κ3) is 2.92. The monoisotopic (exact) mass is 311 g/mol. The zero-order valence-electron chi connectivity index (χ0n) is 11.2. The third-order valence-electron chi connectivity index (χ3n) is 3.71. The zero-order chi connectivity index (χ0) is 14.8. The number of hydrogen-bond acceptors (Lipinski definition) is 5. The molecule has 0 spiro atoms. The SMILES string of the molecule is CSC1(CNS(=O)(=O)c2ccc(C#N)cc2N)CCC1. The van der Waals surface area contributed by atoms with Crippen molar-refractivity contribution in [1.29, 1.82) is 5.26 Å². The summed E-state index contributed by atoms with van der Waals surface area (Å²) >= 11 is 1.70. The van der Waals surface area contributed by atoms with E-state index in [1.807, 2.05) is 12.3 Å². The van der Waals surface area contributed by atoms with Crippen molar-refractivity contribution in [2.24, 2.45) is 0 Å². The number of benzene rings is 1. The zero-order valence-corrected chi connectivity index (χ0v) is 12.9. The molecule has 1 aromatic rings. The highest BCUT2D eigenvalue weighted by molar-refractivity contribution is 8.00. The summed E-state index contributed by atoms with van der Waals surface area (Å²) in [5.41, 5.74) is 6.17. The number of thioether (sulfide) groups is 1. The number of nitrogen functional groups attached to an aromatic ring is 1. The number of rotatable bonds is 5. The minimum atomic E-state index is -3.63. The van der Waals surface area contributed by atoms with Crippen LogP contribution in [0.5, 0.6) is 0 Å². The molecule has 108 valence electrons. The number of nitriles is 1. The Hall–Kier alpha value is -1.23. The van der Waals surface area contributed by atoms with Gasteiger partial charge in [0.05, 0.1) is 17.3 Å². The van der Waals surface area contributed by atoms with E-state index in [9.17, 15) is 8.42 Å². The van der Waals surface area contributed by atoms with E-state index >= 15 is 0 Å². The quantitative estimate of drug-likeness (QED) is 0.807. The van der Waals surface area contributed by atoms with Crippen molar-refractivity contribution in [2.45, 2.75) is 28.9 Å². The molecule has 7 heteroatoms. The molecule has 0 amide bonds. The number of nitrogens with zero attached hydrogens (tertiary/aromatic N) is 1. The molecule has 3 N–H and O–H groups in total. The van der Waals surface area contributed by atoms with E-state index < -0.39 is 10.0 Å². The first-order valence-corrected chi connectivity index (χ1v) is 8.98. The van der Waals surface area contributed by atoms with Gasteiger partial charge in [0.15, 0.2) is 0 Å². The summed E-state index contributed by atoms with van der Waals surface area (Å²) in [5.74, 6) is 0. The lowest BCUT2D eigenvalue weighted by atomic mass is 9.84. The summed E-state index contributed by atoms with van der Waals surface area (Å²) in [6, 6.07) is 6.14. The first-order chi connectivity index (χ1) is 9.42. The lowest BCUT2D eigenvalue weighted by Crippen LogP contribution is -2.45. The summed E-state index contributed by atoms with van der Waals surface area (Å²) in [6.45, 7) is 0.413. The average molecular weight is 311 g/mol. The number of hydrogen-bond donors (Lipinski definition) is 2. The molecule has 20 heavy (non-hydrogen) atoms. The van der Waals surface area contributed by atoms with Gasteiger partial charge in [0.25, 0.3) is 0 Å². The molecule has 1 fully saturated rings. The van der Waals surface area contributed by atoms with E-state index in [0.717, 1.165) is 19.3 Å². The van der Waals surface area contributed by atoms with Gasteiger partial charge in [-0.3, -0.25) is 0 Å². The van der Waals surface area contributed by atoms with E-state index in [4.69, 9.17) is 11.0 Å². The number of nitrogens with one attached hydrogen (secondary N) is 1. The molecule has 0 aliphatic heterocycles. The maximum atomic E-state index is 12.3. The average Bonchev–Trinajstić information content (AvgIpc) is 2.37. The van der Waals surface area contributed by atoms with Gasteiger partial charge in [-0.05, 0) is 37.3 Å². The van der Waals surface area contributed by atoms with Crippen molar-refractivity contribution in [3.05, 3.63) is 23.8 Å². The Bertz CT molecular complexity index is 641. The minimum Gasteiger partial charge on any atom is -0.398 e. The van der Waals surface area contributed by atoms with Gasteiger partial charge in [-0.25, -0.2) is 13.1 Å². The minimum absolute atomic E-state index is 0.0222. The Balaban J connectivity index is 2.17. The summed E-state index contributed by atoms with van der Waals surface area (Å²) in [4.78, 5) is 0.0343. The molecule has 5 nitrogen and oxygen atoms in total. The predicted molar refractivity (Wildman–Crippen MR) is 80.9 cm³/mol. The van der Waals surface area contributed by atoms with Crippen LogP contribution in [0.1, 0.15) is 24.8 Å². The van der Waals surface area contributed by atoms with Crippen molar-refractivity contribution >= 4 is 27.5 Å². The van der Waals surface area contributed by atoms with Crippen molar-refractivity contribution in [2.75, 3.05) is 18.5 Å². The maximum Gasteiger partial charge on any atom is 0.242 e. The summed E-state index contributed by atoms with van der Waals surface area (Å²) < 4.78 is 27.2. The third-order valence-corrected chi connectivity index (χ3v) is 6.60. The van der Waals surface area contributed by atoms with Crippen LogP contribution in [0.25, 0.3) is 0 Å². The van der Waals surface area contributed by atoms with Gasteiger partial charge in [0, 0.05) is 11.3 Å². The molecule has 0 atom stereocenters. The molecule has 1 aromatic carbocycles. The van der Waals surface area contributed by atoms with Crippen LogP contribution in [0.4, 0.5) is 5.69 Å². The molecule has 0 saturated heterocycles. The van der Waals surface area contributed by atoms with Crippen LogP contribution in [0, 0.1) is 11.3 Å². The van der Waals surface area contributed by atoms with Crippen molar-refractivity contribution in [1.82, 2.24) is 4.72 Å². The van der Waals surface area contributed by atoms with Gasteiger partial charge in [-0.1, -0.05) is 6.42 Å². The van der Waals surface area contributed by atoms with Gasteiger partial charge in [-0.15, -0.1) is 0 Å². The first-order valence-electron chi connectivity index (χ1n) is 6.27. The summed E-state index contributed by atoms with van der Waals surface area (Å²) in [5, 5.41) is 8.76. The molecular weight excluding hydrogens is 294 g/mol. The second-order valence-electron chi connectivity index (χ2n) is 4.93. The number of nitrogens with two attached hydrogens (primary N) is 1. The molecule has 0 radical (unpaired) electrons. The first kappa shape index (κ1) is 15.2. The number of sulfonamides is 1. The molecule has 0 aromatic heterocycles. The smallest absolute Gasteiger partial charge is 0.242 e. The predicted octanol–water partition coefficient (Wildman–Crippen LogP) is 1.70. The fourth-order valence-corrected chi connectivity index (χ4v) is 4.43. The van der Waals surface area contributed by atoms with E-state index in [-0.39, 0.29) is 15.3 Å². The highest BCUT2D eigenvalue weighted by atomic mass is 32.2. The maximum absolute atomic E-state index is 12.3. The lowest BCUT2D eigenvalue weighted by Gasteiger charge is -2.40. The van der Waals surface area contributed by atoms with Gasteiger partial charge in [0.1, 0.15) is 4.90 Å². The Kier molecular flexibility index (Phi) is 4.28. The van der Waals surface area contributed by atoms with Crippen LogP contribution in [-0.2, 0) is 10.0 Å². The van der Waals surface area contributed by atoms with Crippen molar-refractivity contribution in [3.8, 4) is 6.07 Å². The molecule has 0 unspecified atom stereocenters. The number of anilines is 1. The normalized spacial score (nSPS) is 17.2. The topological polar surface area (TPSA) is 96.0 Å². The van der Waals surface area contributed by atoms with Crippen molar-refractivity contribution < 1.29 is 8.42 Å². The van der Waals surface area contributed by atoms with Gasteiger partial charge in [-0.2, -0.15) is 17.0 Å². The van der Waals surface area contributed by atoms with E-state index in [0.29, 0.717) is 12.1 Å². The van der Waals surface area contributed by atoms with Gasteiger partial charge in [0.2, 0.25) is 10.0 Å². The molecule has 1 aliphatic carbocycles. The van der Waals surface area contributed by atoms with Crippen LogP contribution in [0.2, 0.25) is 0 Å². The van der Waals surface area contributed by atoms with E-state index in [1.165, 1.54) is 18.2 Å². The molecule has 1 aliphatic rings. The molecule has 0 bridgehead atoms. The van der Waals surface area contributed by atoms with Crippen LogP contribution >= 0.6 is 11.8 Å². The Morgan fingerprint density at radius 1 is 1.50 bits per heavy atom. The Morgan fingerprint density at radius 2 is 2.20 bits per heavy atom. The highest BCUT2D eigenvalue weighted by Crippen LogP contribution is 2.42. The molecule has 2 rings (SSSR count). The largest absolute Gasteiger partial charge is 0.398 e. The van der Waals surface area contributed by atoms with E-state index in [1.54, 1.807) is 11.8 Å². The molecule has 1 saturated carbocycles. The molecular formula is C13H17N3O2S2. The van der Waals surface area contributed by atoms with Crippen LogP contribution in [0.3, 0.4) is 0 Å². The van der Waals surface area contributed by atoms with Crippen LogP contribution < -0.4 is 10.5 Å². The van der Waals surface area contributed by atoms with E-state index in [2.05, 4.69) is 4.72 Å². The fraction of sp³-hybridized carbons (Fsp3) is 0.462. The van der Waals surface area contributed by atoms with Gasteiger partial charge >= 0.3 is 0 Å². The van der Waals surface area contributed by atoms with Crippen LogP contribution in [-0.4, -0.2) is 26.0 Å². The molecule has 0 heterocycles. The summed E-state index contributed by atoms with van der Waals surface area (Å²) in [7, 11) is -3.63.